The number of rotatable bonds is 1. The highest BCUT2D eigenvalue weighted by molar-refractivity contribution is 5.42. The average Bonchev–Trinajstić information content (AvgIpc) is 2.08. The summed E-state index contributed by atoms with van der Waals surface area (Å²) in [6, 6.07) is 4.66. The van der Waals surface area contributed by atoms with Gasteiger partial charge in [0.1, 0.15) is 5.69 Å². The van der Waals surface area contributed by atoms with Crippen molar-refractivity contribution in [2.24, 2.45) is 0 Å². The van der Waals surface area contributed by atoms with Gasteiger partial charge in [-0.25, -0.2) is 4.39 Å². The molecule has 0 bridgehead atoms. The highest BCUT2D eigenvalue weighted by atomic mass is 19.4. The first-order valence-electron chi connectivity index (χ1n) is 3.03. The summed E-state index contributed by atoms with van der Waals surface area (Å²) < 4.78 is 35.6. The van der Waals surface area contributed by atoms with Gasteiger partial charge >= 0.3 is 0 Å². The first-order valence-corrected chi connectivity index (χ1v) is 3.03. The highest BCUT2D eigenvalue weighted by Gasteiger charge is 2.07. The number of para-hydroxylation sites is 1. The lowest BCUT2D eigenvalue weighted by molar-refractivity contribution is 0.231. The summed E-state index contributed by atoms with van der Waals surface area (Å²) in [6.45, 7) is 0. The van der Waals surface area contributed by atoms with E-state index in [1.807, 2.05) is 0 Å². The van der Waals surface area contributed by atoms with Crippen molar-refractivity contribution in [2.45, 2.75) is 0 Å². The largest absolute Gasteiger partial charge is 0.400 e. The molecule has 1 rings (SSSR count). The maximum absolute atomic E-state index is 12.3. The second-order valence-corrected chi connectivity index (χ2v) is 1.68. The van der Waals surface area contributed by atoms with Crippen LogP contribution < -0.4 is 5.34 Å². The maximum Gasteiger partial charge on any atom is 0.152 e. The highest BCUT2D eigenvalue weighted by Crippen LogP contribution is 2.18. The number of nitrogens with zero attached hydrogens (tertiary/aromatic N) is 1. The van der Waals surface area contributed by atoms with Gasteiger partial charge in [0.2, 0.25) is 0 Å². The SMILES string of the molecule is CO.Fc1ccccc1N(F)F. The van der Waals surface area contributed by atoms with Gasteiger partial charge in [-0.05, 0) is 17.5 Å². The van der Waals surface area contributed by atoms with Gasteiger partial charge in [-0.2, -0.15) is 0 Å². The van der Waals surface area contributed by atoms with Crippen LogP contribution in [0.25, 0.3) is 0 Å². The van der Waals surface area contributed by atoms with Gasteiger partial charge in [-0.1, -0.05) is 21.1 Å². The molecule has 0 saturated carbocycles. The van der Waals surface area contributed by atoms with Crippen molar-refractivity contribution >= 4 is 5.69 Å². The molecule has 0 spiro atoms. The average molecular weight is 179 g/mol. The zero-order valence-electron chi connectivity index (χ0n) is 6.34. The minimum absolute atomic E-state index is 0.706. The molecular formula is C7H8F3NO. The van der Waals surface area contributed by atoms with Crippen LogP contribution >= 0.6 is 0 Å². The van der Waals surface area contributed by atoms with E-state index in [9.17, 15) is 13.4 Å². The molecule has 5 heteroatoms. The Morgan fingerprint density at radius 1 is 1.17 bits per heavy atom. The van der Waals surface area contributed by atoms with Crippen LogP contribution in [-0.4, -0.2) is 12.2 Å². The molecule has 0 saturated heterocycles. The van der Waals surface area contributed by atoms with Crippen LogP contribution in [0.2, 0.25) is 0 Å². The molecule has 0 fully saturated rings. The molecule has 0 aliphatic carbocycles. The van der Waals surface area contributed by atoms with Crippen molar-refractivity contribution in [3.8, 4) is 0 Å². The van der Waals surface area contributed by atoms with Gasteiger partial charge in [-0.15, -0.1) is 0 Å². The van der Waals surface area contributed by atoms with Crippen LogP contribution in [0.4, 0.5) is 19.0 Å². The molecule has 0 amide bonds. The zero-order chi connectivity index (χ0) is 9.56. The first kappa shape index (κ1) is 10.8. The lowest BCUT2D eigenvalue weighted by Crippen LogP contribution is -1.97. The Morgan fingerprint density at radius 3 is 2.00 bits per heavy atom. The minimum atomic E-state index is -1.25. The third-order valence-corrected chi connectivity index (χ3v) is 1.03. The molecule has 12 heavy (non-hydrogen) atoms. The number of hydrogen-bond acceptors (Lipinski definition) is 2. The summed E-state index contributed by atoms with van der Waals surface area (Å²) in [5, 5.41) is 5.75. The predicted molar refractivity (Wildman–Crippen MR) is 39.2 cm³/mol. The standard InChI is InChI=1S/C6H4F3N.CH4O/c7-5-3-1-2-4-6(5)10(8)9;1-2/h1-4H;2H,1H3. The minimum Gasteiger partial charge on any atom is -0.400 e. The molecule has 0 radical (unpaired) electrons. The molecular weight excluding hydrogens is 171 g/mol. The molecule has 0 unspecified atom stereocenters. The molecule has 0 aliphatic heterocycles. The van der Waals surface area contributed by atoms with Gasteiger partial charge in [0.05, 0.1) is 0 Å². The zero-order valence-corrected chi connectivity index (χ0v) is 6.34. The summed E-state index contributed by atoms with van der Waals surface area (Å²) in [5.41, 5.74) is -0.706. The molecule has 1 aromatic carbocycles. The topological polar surface area (TPSA) is 23.5 Å². The van der Waals surface area contributed by atoms with E-state index in [0.29, 0.717) is 0 Å². The van der Waals surface area contributed by atoms with Crippen LogP contribution in [0.15, 0.2) is 24.3 Å². The van der Waals surface area contributed by atoms with E-state index in [1.54, 1.807) is 0 Å². The van der Waals surface area contributed by atoms with E-state index < -0.39 is 16.8 Å². The van der Waals surface area contributed by atoms with Crippen LogP contribution in [0.3, 0.4) is 0 Å². The molecule has 0 atom stereocenters. The number of anilines is 1. The van der Waals surface area contributed by atoms with Crippen LogP contribution in [0.1, 0.15) is 0 Å². The Morgan fingerprint density at radius 2 is 1.67 bits per heavy atom. The van der Waals surface area contributed by atoms with Crippen LogP contribution in [0, 0.1) is 5.82 Å². The van der Waals surface area contributed by atoms with Crippen molar-refractivity contribution in [3.05, 3.63) is 30.1 Å². The quantitative estimate of drug-likeness (QED) is 0.666. The molecule has 2 nitrogen and oxygen atoms in total. The Kier molecular flexibility index (Phi) is 4.87. The van der Waals surface area contributed by atoms with Gasteiger partial charge in [0, 0.05) is 7.11 Å². The van der Waals surface area contributed by atoms with E-state index in [1.165, 1.54) is 12.1 Å². The van der Waals surface area contributed by atoms with Crippen molar-refractivity contribution in [1.82, 2.24) is 0 Å². The number of benzene rings is 1. The van der Waals surface area contributed by atoms with E-state index in [4.69, 9.17) is 5.11 Å². The van der Waals surface area contributed by atoms with Crippen molar-refractivity contribution in [2.75, 3.05) is 12.5 Å². The summed E-state index contributed by atoms with van der Waals surface area (Å²) >= 11 is 0. The monoisotopic (exact) mass is 179 g/mol. The summed E-state index contributed by atoms with van der Waals surface area (Å²) in [7, 11) is 1.00. The fourth-order valence-electron chi connectivity index (χ4n) is 0.589. The van der Waals surface area contributed by atoms with Gasteiger partial charge in [0.25, 0.3) is 0 Å². The van der Waals surface area contributed by atoms with Gasteiger partial charge in [0.15, 0.2) is 5.82 Å². The molecule has 1 aromatic rings. The second-order valence-electron chi connectivity index (χ2n) is 1.68. The van der Waals surface area contributed by atoms with Crippen LogP contribution in [0.5, 0.6) is 0 Å². The van der Waals surface area contributed by atoms with Crippen LogP contribution in [-0.2, 0) is 0 Å². The third kappa shape index (κ3) is 2.79. The Bertz CT molecular complexity index is 230. The second kappa shape index (κ2) is 5.42. The van der Waals surface area contributed by atoms with E-state index >= 15 is 0 Å². The normalized spacial score (nSPS) is 8.42. The fourth-order valence-corrected chi connectivity index (χ4v) is 0.589. The number of hydrogen-bond donors (Lipinski definition) is 1. The predicted octanol–water partition coefficient (Wildman–Crippen LogP) is 2.01. The van der Waals surface area contributed by atoms with E-state index in [-0.39, 0.29) is 0 Å². The number of halogens is 3. The molecule has 68 valence electrons. The van der Waals surface area contributed by atoms with Crippen molar-refractivity contribution in [3.63, 3.8) is 0 Å². The lowest BCUT2D eigenvalue weighted by atomic mass is 10.3. The fraction of sp³-hybridized carbons (Fsp3) is 0.143. The van der Waals surface area contributed by atoms with Crippen molar-refractivity contribution < 1.29 is 18.5 Å². The Hall–Kier alpha value is -1.23. The lowest BCUT2D eigenvalue weighted by Gasteiger charge is -2.00. The molecule has 1 N–H and O–H groups in total. The van der Waals surface area contributed by atoms with Gasteiger partial charge in [-0.3, -0.25) is 0 Å². The molecule has 0 aliphatic rings. The number of aliphatic hydroxyl groups excluding tert-OH is 1. The van der Waals surface area contributed by atoms with Gasteiger partial charge < -0.3 is 5.11 Å². The van der Waals surface area contributed by atoms with E-state index in [0.717, 1.165) is 19.2 Å². The van der Waals surface area contributed by atoms with Crippen molar-refractivity contribution in [1.29, 1.82) is 0 Å². The third-order valence-electron chi connectivity index (χ3n) is 1.03. The molecule has 0 aromatic heterocycles. The Labute approximate surface area is 67.7 Å². The number of aliphatic hydroxyl groups is 1. The Balaban J connectivity index is 0.000000561. The first-order chi connectivity index (χ1) is 5.72. The molecule has 0 heterocycles. The van der Waals surface area contributed by atoms with E-state index in [2.05, 4.69) is 0 Å². The summed E-state index contributed by atoms with van der Waals surface area (Å²) in [5.74, 6) is -0.924. The summed E-state index contributed by atoms with van der Waals surface area (Å²) in [4.78, 5) is 0. The summed E-state index contributed by atoms with van der Waals surface area (Å²) in [6.07, 6.45) is 0. The maximum atomic E-state index is 12.3. The smallest absolute Gasteiger partial charge is 0.152 e.